The largest absolute Gasteiger partial charge is 0.147 e. The first-order valence-corrected chi connectivity index (χ1v) is 12.1. The van der Waals surface area contributed by atoms with Crippen LogP contribution >= 0.6 is 42.0 Å². The van der Waals surface area contributed by atoms with Gasteiger partial charge in [0.25, 0.3) is 0 Å². The van der Waals surface area contributed by atoms with Crippen LogP contribution < -0.4 is 21.2 Å². The van der Waals surface area contributed by atoms with Crippen molar-refractivity contribution in [2.75, 3.05) is 0 Å². The van der Waals surface area contributed by atoms with E-state index >= 15 is 0 Å². The summed E-state index contributed by atoms with van der Waals surface area (Å²) in [6.07, 6.45) is 1.25. The predicted octanol–water partition coefficient (Wildman–Crippen LogP) is 6.89. The molecule has 0 aliphatic carbocycles. The van der Waals surface area contributed by atoms with Gasteiger partial charge in [0, 0.05) is 16.5 Å². The van der Waals surface area contributed by atoms with Crippen LogP contribution in [-0.4, -0.2) is 0 Å². The first-order chi connectivity index (χ1) is 14.3. The van der Waals surface area contributed by atoms with Crippen molar-refractivity contribution in [2.24, 2.45) is 0 Å². The van der Waals surface area contributed by atoms with Crippen LogP contribution in [0, 0.1) is 0 Å². The van der Waals surface area contributed by atoms with Crippen LogP contribution in [0.1, 0.15) is 20.3 Å². The number of hydrogen-bond acceptors (Lipinski definition) is 0. The molecule has 0 atom stereocenters. The first-order valence-electron chi connectivity index (χ1n) is 10.1. The molecule has 4 aromatic rings. The first kappa shape index (κ1) is 33.0. The minimum absolute atomic E-state index is 0. The van der Waals surface area contributed by atoms with Crippen LogP contribution in [0.25, 0.3) is 0 Å². The van der Waals surface area contributed by atoms with Gasteiger partial charge in [0.2, 0.25) is 0 Å². The van der Waals surface area contributed by atoms with E-state index in [0.29, 0.717) is 0 Å². The number of halogens is 2. The molecule has 0 nitrogen and oxygen atoms in total. The van der Waals surface area contributed by atoms with Crippen molar-refractivity contribution in [3.05, 3.63) is 121 Å². The van der Waals surface area contributed by atoms with E-state index in [1.54, 1.807) is 0 Å². The minimum Gasteiger partial charge on any atom is -0.147 e. The standard InChI is InChI=1S/2C12H11P.C3H8.2ClH.Ni/c2*1-3-7-11(8-4-1)13-12-9-5-2-6-10-12;1-3-2;;;/h2*1-10,13H;3H2,1-2H3;2*1H;. The second-order valence-corrected chi connectivity index (χ2v) is 9.23. The summed E-state index contributed by atoms with van der Waals surface area (Å²) in [6, 6.07) is 42.3. The van der Waals surface area contributed by atoms with Gasteiger partial charge in [-0.25, -0.2) is 0 Å². The van der Waals surface area contributed by atoms with Crippen molar-refractivity contribution in [3.63, 3.8) is 0 Å². The molecular weight excluding hydrogens is 516 g/mol. The van der Waals surface area contributed by atoms with Crippen LogP contribution in [0.2, 0.25) is 0 Å². The second kappa shape index (κ2) is 21.6. The molecule has 0 spiro atoms. The summed E-state index contributed by atoms with van der Waals surface area (Å²) < 4.78 is 0. The van der Waals surface area contributed by atoms with Gasteiger partial charge in [-0.15, -0.1) is 24.8 Å². The van der Waals surface area contributed by atoms with Gasteiger partial charge in [-0.1, -0.05) is 159 Å². The molecule has 0 aliphatic heterocycles. The van der Waals surface area contributed by atoms with E-state index in [-0.39, 0.29) is 41.3 Å². The van der Waals surface area contributed by atoms with E-state index in [9.17, 15) is 0 Å². The van der Waals surface area contributed by atoms with E-state index in [4.69, 9.17) is 0 Å². The molecule has 0 amide bonds. The Balaban J connectivity index is 0. The van der Waals surface area contributed by atoms with E-state index < -0.39 is 0 Å². The van der Waals surface area contributed by atoms with Gasteiger partial charge in [0.05, 0.1) is 0 Å². The predicted molar refractivity (Wildman–Crippen MR) is 151 cm³/mol. The van der Waals surface area contributed by atoms with Crippen LogP contribution in [0.4, 0.5) is 0 Å². The molecule has 0 saturated carbocycles. The molecule has 0 saturated heterocycles. The zero-order valence-corrected chi connectivity index (χ0v) is 23.0. The summed E-state index contributed by atoms with van der Waals surface area (Å²) in [4.78, 5) is 0. The molecule has 0 radical (unpaired) electrons. The Hall–Kier alpha value is -1.19. The van der Waals surface area contributed by atoms with Crippen molar-refractivity contribution in [3.8, 4) is 0 Å². The molecule has 0 aliphatic rings. The SMILES string of the molecule is CCC.Cl.Cl.[Ni].c1ccc(Pc2ccccc2)cc1.c1ccc(Pc2ccccc2)cc1. The maximum atomic E-state index is 2.17. The van der Waals surface area contributed by atoms with Gasteiger partial charge in [-0.05, 0) is 21.2 Å². The fourth-order valence-corrected chi connectivity index (χ4v) is 4.52. The molecule has 0 aromatic heterocycles. The molecule has 4 rings (SSSR count). The maximum absolute atomic E-state index is 2.17. The Morgan fingerprint density at radius 2 is 0.562 bits per heavy atom. The van der Waals surface area contributed by atoms with Gasteiger partial charge in [0.1, 0.15) is 0 Å². The summed E-state index contributed by atoms with van der Waals surface area (Å²) in [7, 11) is 1.55. The van der Waals surface area contributed by atoms with Crippen molar-refractivity contribution in [1.29, 1.82) is 0 Å². The Morgan fingerprint density at radius 3 is 0.719 bits per heavy atom. The molecule has 4 aromatic carbocycles. The van der Waals surface area contributed by atoms with Gasteiger partial charge in [0.15, 0.2) is 0 Å². The maximum Gasteiger partial charge on any atom is 0 e. The molecule has 0 bridgehead atoms. The molecule has 32 heavy (non-hydrogen) atoms. The fraction of sp³-hybridized carbons (Fsp3) is 0.111. The Morgan fingerprint density at radius 1 is 0.406 bits per heavy atom. The smallest absolute Gasteiger partial charge is 0 e. The van der Waals surface area contributed by atoms with E-state index in [1.807, 2.05) is 0 Å². The molecule has 0 unspecified atom stereocenters. The average molecular weight is 548 g/mol. The summed E-state index contributed by atoms with van der Waals surface area (Å²) in [5, 5.41) is 5.59. The van der Waals surface area contributed by atoms with Crippen LogP contribution in [0.5, 0.6) is 0 Å². The summed E-state index contributed by atoms with van der Waals surface area (Å²) >= 11 is 0. The monoisotopic (exact) mass is 546 g/mol. The third-order valence-electron chi connectivity index (χ3n) is 3.67. The molecule has 0 N–H and O–H groups in total. The third kappa shape index (κ3) is 14.8. The van der Waals surface area contributed by atoms with Crippen LogP contribution in [-0.2, 0) is 16.5 Å². The number of hydrogen-bond donors (Lipinski definition) is 0. The summed E-state index contributed by atoms with van der Waals surface area (Å²) in [5.41, 5.74) is 0. The molecule has 0 fully saturated rings. The minimum atomic E-state index is 0. The van der Waals surface area contributed by atoms with Crippen molar-refractivity contribution >= 4 is 63.2 Å². The number of benzene rings is 4. The van der Waals surface area contributed by atoms with E-state index in [2.05, 4.69) is 135 Å². The van der Waals surface area contributed by atoms with Gasteiger partial charge in [-0.3, -0.25) is 0 Å². The van der Waals surface area contributed by atoms with Crippen molar-refractivity contribution in [2.45, 2.75) is 20.3 Å². The van der Waals surface area contributed by atoms with Gasteiger partial charge >= 0.3 is 0 Å². The normalized spacial score (nSPS) is 8.56. The van der Waals surface area contributed by atoms with Crippen molar-refractivity contribution in [1.82, 2.24) is 0 Å². The Kier molecular flexibility index (Phi) is 22.3. The molecule has 174 valence electrons. The van der Waals surface area contributed by atoms with Crippen molar-refractivity contribution < 1.29 is 16.5 Å². The zero-order valence-electron chi connectivity index (χ0n) is 18.4. The quantitative estimate of drug-likeness (QED) is 0.193. The third-order valence-corrected chi connectivity index (χ3v) is 6.16. The average Bonchev–Trinajstić information content (AvgIpc) is 2.78. The van der Waals surface area contributed by atoms with Crippen LogP contribution in [0.3, 0.4) is 0 Å². The summed E-state index contributed by atoms with van der Waals surface area (Å²) in [6.45, 7) is 4.25. The number of rotatable bonds is 4. The fourth-order valence-electron chi connectivity index (χ4n) is 2.42. The molecule has 0 heterocycles. The summed E-state index contributed by atoms with van der Waals surface area (Å²) in [5.74, 6) is 0. The zero-order chi connectivity index (χ0) is 20.6. The van der Waals surface area contributed by atoms with Crippen LogP contribution in [0.15, 0.2) is 121 Å². The van der Waals surface area contributed by atoms with E-state index in [0.717, 1.165) is 17.2 Å². The second-order valence-electron chi connectivity index (χ2n) is 6.42. The topological polar surface area (TPSA) is 0 Å². The van der Waals surface area contributed by atoms with Gasteiger partial charge < -0.3 is 0 Å². The molecular formula is C27H32Cl2NiP2. The Bertz CT molecular complexity index is 742. The molecule has 5 heteroatoms. The Labute approximate surface area is 220 Å². The van der Waals surface area contributed by atoms with Gasteiger partial charge in [-0.2, -0.15) is 0 Å². The van der Waals surface area contributed by atoms with E-state index in [1.165, 1.54) is 27.6 Å².